The van der Waals surface area contributed by atoms with Crippen LogP contribution in [0.5, 0.6) is 0 Å². The molecule has 0 atom stereocenters. The first kappa shape index (κ1) is 13.7. The van der Waals surface area contributed by atoms with Gasteiger partial charge in [0, 0.05) is 11.6 Å². The molecule has 2 aromatic rings. The van der Waals surface area contributed by atoms with E-state index in [2.05, 4.69) is 0 Å². The van der Waals surface area contributed by atoms with Crippen LogP contribution in [0, 0.1) is 17.0 Å². The number of nitro benzene ring substituents is 1. The first-order valence-corrected chi connectivity index (χ1v) is 5.98. The van der Waals surface area contributed by atoms with E-state index < -0.39 is 10.9 Å². The van der Waals surface area contributed by atoms with E-state index in [1.54, 1.807) is 13.0 Å². The van der Waals surface area contributed by atoms with Gasteiger partial charge in [0.2, 0.25) is 0 Å². The smallest absolute Gasteiger partial charge is 0.339 e. The summed E-state index contributed by atoms with van der Waals surface area (Å²) >= 11 is 0. The van der Waals surface area contributed by atoms with Crippen LogP contribution in [0.2, 0.25) is 0 Å². The van der Waals surface area contributed by atoms with Crippen molar-refractivity contribution < 1.29 is 14.5 Å². The normalized spacial score (nSPS) is 10.1. The molecule has 0 aromatic heterocycles. The van der Waals surface area contributed by atoms with Gasteiger partial charge in [-0.25, -0.2) is 4.79 Å². The quantitative estimate of drug-likeness (QED) is 0.487. The Morgan fingerprint density at radius 3 is 2.35 bits per heavy atom. The van der Waals surface area contributed by atoms with Crippen LogP contribution in [0.4, 0.5) is 5.69 Å². The third kappa shape index (κ3) is 2.38. The highest BCUT2D eigenvalue weighted by molar-refractivity contribution is 5.99. The number of hydrogen-bond acceptors (Lipinski definition) is 4. The van der Waals surface area contributed by atoms with Crippen LogP contribution < -0.4 is 0 Å². The van der Waals surface area contributed by atoms with Crippen molar-refractivity contribution in [3.8, 4) is 11.1 Å². The summed E-state index contributed by atoms with van der Waals surface area (Å²) in [6.07, 6.45) is 0. The SMILES string of the molecule is COC(=O)c1c(-c2ccccc2)ccc([N+](=O)[O-])c1C. The Balaban J connectivity index is 2.73. The molecule has 102 valence electrons. The van der Waals surface area contributed by atoms with Crippen LogP contribution in [-0.2, 0) is 4.74 Å². The lowest BCUT2D eigenvalue weighted by Crippen LogP contribution is -2.08. The minimum Gasteiger partial charge on any atom is -0.465 e. The summed E-state index contributed by atoms with van der Waals surface area (Å²) in [5, 5.41) is 11.0. The molecule has 20 heavy (non-hydrogen) atoms. The van der Waals surface area contributed by atoms with Crippen LogP contribution in [0.15, 0.2) is 42.5 Å². The molecular weight excluding hydrogens is 258 g/mol. The number of hydrogen-bond donors (Lipinski definition) is 0. The van der Waals surface area contributed by atoms with Crippen molar-refractivity contribution in [2.24, 2.45) is 0 Å². The third-order valence-corrected chi connectivity index (χ3v) is 3.11. The van der Waals surface area contributed by atoms with E-state index in [4.69, 9.17) is 4.74 Å². The summed E-state index contributed by atoms with van der Waals surface area (Å²) in [5.41, 5.74) is 1.88. The number of nitrogens with zero attached hydrogens (tertiary/aromatic N) is 1. The Morgan fingerprint density at radius 2 is 1.80 bits per heavy atom. The van der Waals surface area contributed by atoms with Gasteiger partial charge in [0.1, 0.15) is 0 Å². The maximum absolute atomic E-state index is 12.0. The van der Waals surface area contributed by atoms with Gasteiger partial charge in [0.25, 0.3) is 5.69 Å². The summed E-state index contributed by atoms with van der Waals surface area (Å²) in [4.78, 5) is 22.4. The summed E-state index contributed by atoms with van der Waals surface area (Å²) in [7, 11) is 1.26. The highest BCUT2D eigenvalue weighted by atomic mass is 16.6. The lowest BCUT2D eigenvalue weighted by molar-refractivity contribution is -0.385. The zero-order valence-corrected chi connectivity index (χ0v) is 11.1. The van der Waals surface area contributed by atoms with Crippen LogP contribution in [0.25, 0.3) is 11.1 Å². The molecule has 5 nitrogen and oxygen atoms in total. The van der Waals surface area contributed by atoms with Gasteiger partial charge >= 0.3 is 5.97 Å². The molecule has 0 N–H and O–H groups in total. The highest BCUT2D eigenvalue weighted by Gasteiger charge is 2.23. The maximum atomic E-state index is 12.0. The summed E-state index contributed by atoms with van der Waals surface area (Å²) in [5.74, 6) is -0.579. The van der Waals surface area contributed by atoms with Crippen molar-refractivity contribution >= 4 is 11.7 Å². The van der Waals surface area contributed by atoms with Gasteiger partial charge < -0.3 is 4.74 Å². The topological polar surface area (TPSA) is 69.4 Å². The zero-order valence-electron chi connectivity index (χ0n) is 11.1. The Labute approximate surface area is 116 Å². The van der Waals surface area contributed by atoms with E-state index in [9.17, 15) is 14.9 Å². The molecule has 2 aromatic carbocycles. The van der Waals surface area contributed by atoms with Crippen LogP contribution in [-0.4, -0.2) is 18.0 Å². The average molecular weight is 271 g/mol. The molecule has 0 bridgehead atoms. The largest absolute Gasteiger partial charge is 0.465 e. The molecule has 2 rings (SSSR count). The Kier molecular flexibility index (Phi) is 3.79. The fourth-order valence-electron chi connectivity index (χ4n) is 2.12. The third-order valence-electron chi connectivity index (χ3n) is 3.11. The molecule has 0 aliphatic heterocycles. The fourth-order valence-corrected chi connectivity index (χ4v) is 2.12. The van der Waals surface area contributed by atoms with Gasteiger partial charge in [-0.1, -0.05) is 30.3 Å². The van der Waals surface area contributed by atoms with Crippen molar-refractivity contribution in [3.05, 3.63) is 63.7 Å². The molecule has 0 saturated heterocycles. The van der Waals surface area contributed by atoms with E-state index in [1.807, 2.05) is 30.3 Å². The average Bonchev–Trinajstić information content (AvgIpc) is 2.46. The van der Waals surface area contributed by atoms with Crippen molar-refractivity contribution in [1.29, 1.82) is 0 Å². The van der Waals surface area contributed by atoms with Crippen molar-refractivity contribution in [2.45, 2.75) is 6.92 Å². The van der Waals surface area contributed by atoms with Gasteiger partial charge in [-0.3, -0.25) is 10.1 Å². The van der Waals surface area contributed by atoms with Gasteiger partial charge in [-0.05, 0) is 24.1 Å². The summed E-state index contributed by atoms with van der Waals surface area (Å²) in [6, 6.07) is 12.2. The number of ether oxygens (including phenoxy) is 1. The number of carbonyl (C=O) groups is 1. The first-order valence-electron chi connectivity index (χ1n) is 5.98. The van der Waals surface area contributed by atoms with Crippen molar-refractivity contribution in [1.82, 2.24) is 0 Å². The molecule has 0 aliphatic rings. The number of nitro groups is 1. The molecule has 0 radical (unpaired) electrons. The van der Waals surface area contributed by atoms with Gasteiger partial charge in [-0.15, -0.1) is 0 Å². The number of carbonyl (C=O) groups excluding carboxylic acids is 1. The molecule has 0 heterocycles. The standard InChI is InChI=1S/C15H13NO4/c1-10-13(16(18)19)9-8-12(14(10)15(17)20-2)11-6-4-3-5-7-11/h3-9H,1-2H3. The second-order valence-corrected chi connectivity index (χ2v) is 4.25. The Morgan fingerprint density at radius 1 is 1.15 bits per heavy atom. The molecule has 0 aliphatic carbocycles. The second-order valence-electron chi connectivity index (χ2n) is 4.25. The molecule has 0 unspecified atom stereocenters. The summed E-state index contributed by atoms with van der Waals surface area (Å²) in [6.45, 7) is 1.55. The minimum absolute atomic E-state index is 0.0925. The van der Waals surface area contributed by atoms with E-state index in [0.29, 0.717) is 11.1 Å². The maximum Gasteiger partial charge on any atom is 0.339 e. The zero-order chi connectivity index (χ0) is 14.7. The van der Waals surface area contributed by atoms with Crippen molar-refractivity contribution in [3.63, 3.8) is 0 Å². The van der Waals surface area contributed by atoms with Crippen LogP contribution in [0.1, 0.15) is 15.9 Å². The monoisotopic (exact) mass is 271 g/mol. The number of methoxy groups -OCH3 is 1. The van der Waals surface area contributed by atoms with Gasteiger partial charge in [0.05, 0.1) is 17.6 Å². The van der Waals surface area contributed by atoms with Crippen LogP contribution >= 0.6 is 0 Å². The Hall–Kier alpha value is -2.69. The molecule has 0 fully saturated rings. The second kappa shape index (κ2) is 5.52. The lowest BCUT2D eigenvalue weighted by Gasteiger charge is -2.11. The number of esters is 1. The van der Waals surface area contributed by atoms with Crippen LogP contribution in [0.3, 0.4) is 0 Å². The first-order chi connectivity index (χ1) is 9.56. The molecule has 0 amide bonds. The number of rotatable bonds is 3. The van der Waals surface area contributed by atoms with E-state index in [-0.39, 0.29) is 11.3 Å². The van der Waals surface area contributed by atoms with Gasteiger partial charge in [0.15, 0.2) is 0 Å². The fraction of sp³-hybridized carbons (Fsp3) is 0.133. The van der Waals surface area contributed by atoms with Crippen molar-refractivity contribution in [2.75, 3.05) is 7.11 Å². The highest BCUT2D eigenvalue weighted by Crippen LogP contribution is 2.32. The molecule has 0 spiro atoms. The van der Waals surface area contributed by atoms with Gasteiger partial charge in [-0.2, -0.15) is 0 Å². The van der Waals surface area contributed by atoms with E-state index >= 15 is 0 Å². The molecule has 0 saturated carbocycles. The molecular formula is C15H13NO4. The van der Waals surface area contributed by atoms with E-state index in [1.165, 1.54) is 13.2 Å². The summed E-state index contributed by atoms with van der Waals surface area (Å²) < 4.78 is 4.75. The molecule has 5 heteroatoms. The predicted molar refractivity (Wildman–Crippen MR) is 74.6 cm³/mol. The van der Waals surface area contributed by atoms with E-state index in [0.717, 1.165) is 5.56 Å². The number of benzene rings is 2. The predicted octanol–water partition coefficient (Wildman–Crippen LogP) is 3.36. The minimum atomic E-state index is -0.579. The lowest BCUT2D eigenvalue weighted by atomic mass is 9.95. The Bertz CT molecular complexity index is 665.